The van der Waals surface area contributed by atoms with E-state index in [2.05, 4.69) is 38.4 Å². The number of anilines is 1. The van der Waals surface area contributed by atoms with Gasteiger partial charge < -0.3 is 10.1 Å². The summed E-state index contributed by atoms with van der Waals surface area (Å²) >= 11 is 11.0. The maximum atomic E-state index is 12.4. The number of thiazole rings is 1. The van der Waals surface area contributed by atoms with Crippen LogP contribution >= 0.6 is 38.9 Å². The molecule has 3 aromatic carbocycles. The molecule has 0 aliphatic rings. The predicted octanol–water partition coefficient (Wildman–Crippen LogP) is 7.87. The number of carbonyl (C=O) groups is 1. The quantitative estimate of drug-likeness (QED) is 0.286. The van der Waals surface area contributed by atoms with Crippen LogP contribution < -0.4 is 10.1 Å². The molecule has 164 valence electrons. The minimum absolute atomic E-state index is 0.0805. The number of carbonyl (C=O) groups excluding carboxylic acids is 1. The number of hydrogen-bond donors (Lipinski definition) is 1. The van der Waals surface area contributed by atoms with Crippen LogP contribution in [0.15, 0.2) is 71.3 Å². The van der Waals surface area contributed by atoms with Crippen LogP contribution in [0.25, 0.3) is 10.8 Å². The molecular formula is C25H22BrClN2O2S. The maximum absolute atomic E-state index is 12.4. The average molecular weight is 530 g/mol. The Balaban J connectivity index is 1.66. The van der Waals surface area contributed by atoms with Crippen LogP contribution in [0.4, 0.5) is 5.13 Å². The first-order chi connectivity index (χ1) is 15.2. The zero-order valence-electron chi connectivity index (χ0n) is 17.9. The van der Waals surface area contributed by atoms with E-state index in [4.69, 9.17) is 16.3 Å². The molecule has 4 nitrogen and oxygen atoms in total. The minimum atomic E-state index is -0.502. The van der Waals surface area contributed by atoms with Crippen molar-refractivity contribution >= 4 is 60.7 Å². The van der Waals surface area contributed by atoms with Gasteiger partial charge in [0.15, 0.2) is 11.2 Å². The van der Waals surface area contributed by atoms with Crippen LogP contribution in [0.3, 0.4) is 0 Å². The first-order valence-electron chi connectivity index (χ1n) is 10.1. The van der Waals surface area contributed by atoms with Gasteiger partial charge in [-0.15, -0.1) is 0 Å². The molecule has 4 aromatic rings. The zero-order valence-corrected chi connectivity index (χ0v) is 21.0. The highest BCUT2D eigenvalue weighted by Crippen LogP contribution is 2.35. The van der Waals surface area contributed by atoms with E-state index in [1.807, 2.05) is 69.3 Å². The SMILES string of the molecule is CC(C)(C)C(=O)Nc1ncc(C(Oc2ccc3cc(Br)ccc3c2)c2ccc(Cl)cc2)s1. The fraction of sp³-hybridized carbons (Fsp3) is 0.200. The third kappa shape index (κ3) is 5.31. The number of nitrogens with one attached hydrogen (secondary N) is 1. The van der Waals surface area contributed by atoms with Gasteiger partial charge in [-0.05, 0) is 52.7 Å². The van der Waals surface area contributed by atoms with Gasteiger partial charge in [-0.25, -0.2) is 4.98 Å². The number of fused-ring (bicyclic) bond motifs is 1. The Morgan fingerprint density at radius 2 is 1.75 bits per heavy atom. The second kappa shape index (κ2) is 9.22. The van der Waals surface area contributed by atoms with Crippen LogP contribution in [-0.2, 0) is 4.79 Å². The molecule has 1 heterocycles. The Bertz CT molecular complexity index is 1270. The lowest BCUT2D eigenvalue weighted by atomic mass is 9.96. The Morgan fingerprint density at radius 3 is 2.47 bits per heavy atom. The Morgan fingerprint density at radius 1 is 1.06 bits per heavy atom. The number of benzene rings is 3. The van der Waals surface area contributed by atoms with Gasteiger partial charge in [0.05, 0.1) is 4.88 Å². The summed E-state index contributed by atoms with van der Waals surface area (Å²) in [7, 11) is 0. The van der Waals surface area contributed by atoms with E-state index in [1.54, 1.807) is 6.20 Å². The molecule has 0 saturated carbocycles. The molecule has 0 aliphatic carbocycles. The molecule has 32 heavy (non-hydrogen) atoms. The van der Waals surface area contributed by atoms with Gasteiger partial charge in [0, 0.05) is 21.1 Å². The minimum Gasteiger partial charge on any atom is -0.480 e. The smallest absolute Gasteiger partial charge is 0.231 e. The normalized spacial score (nSPS) is 12.5. The summed E-state index contributed by atoms with van der Waals surface area (Å²) in [6.07, 6.45) is 1.36. The van der Waals surface area contributed by atoms with Gasteiger partial charge >= 0.3 is 0 Å². The lowest BCUT2D eigenvalue weighted by Gasteiger charge is -2.19. The first kappa shape index (κ1) is 22.8. The molecule has 7 heteroatoms. The maximum Gasteiger partial charge on any atom is 0.231 e. The second-order valence-corrected chi connectivity index (χ2v) is 10.9. The zero-order chi connectivity index (χ0) is 22.9. The van der Waals surface area contributed by atoms with Crippen LogP contribution in [-0.4, -0.2) is 10.9 Å². The number of amides is 1. The topological polar surface area (TPSA) is 51.2 Å². The van der Waals surface area contributed by atoms with Crippen molar-refractivity contribution in [1.82, 2.24) is 4.98 Å². The number of nitrogens with zero attached hydrogens (tertiary/aromatic N) is 1. The van der Waals surface area contributed by atoms with Crippen molar-refractivity contribution in [3.05, 3.63) is 86.8 Å². The lowest BCUT2D eigenvalue weighted by molar-refractivity contribution is -0.123. The Labute approximate surface area is 204 Å². The van der Waals surface area contributed by atoms with Crippen LogP contribution in [0, 0.1) is 5.41 Å². The van der Waals surface area contributed by atoms with Gasteiger partial charge in [-0.3, -0.25) is 4.79 Å². The van der Waals surface area contributed by atoms with Gasteiger partial charge in [-0.1, -0.05) is 83.9 Å². The van der Waals surface area contributed by atoms with Crippen LogP contribution in [0.1, 0.15) is 37.3 Å². The van der Waals surface area contributed by atoms with E-state index in [-0.39, 0.29) is 5.91 Å². The van der Waals surface area contributed by atoms with Gasteiger partial charge in [0.1, 0.15) is 5.75 Å². The predicted molar refractivity (Wildman–Crippen MR) is 136 cm³/mol. The van der Waals surface area contributed by atoms with Gasteiger partial charge in [0.2, 0.25) is 5.91 Å². The van der Waals surface area contributed by atoms with Crippen molar-refractivity contribution in [3.63, 3.8) is 0 Å². The summed E-state index contributed by atoms with van der Waals surface area (Å²) in [4.78, 5) is 17.7. The molecule has 0 bridgehead atoms. The number of rotatable bonds is 5. The van der Waals surface area contributed by atoms with E-state index in [1.165, 1.54) is 11.3 Å². The van der Waals surface area contributed by atoms with Crippen molar-refractivity contribution in [1.29, 1.82) is 0 Å². The molecule has 1 unspecified atom stereocenters. The molecule has 0 saturated heterocycles. The standard InChI is InChI=1S/C25H22BrClN2O2S/c1-25(2,3)23(30)29-24-28-14-21(32-24)22(15-5-9-19(27)10-6-15)31-20-11-7-16-12-18(26)8-4-17(16)13-20/h4-14,22H,1-3H3,(H,28,29,30). The molecule has 0 radical (unpaired) electrons. The van der Waals surface area contributed by atoms with E-state index in [9.17, 15) is 4.79 Å². The van der Waals surface area contributed by atoms with E-state index in [0.717, 1.165) is 31.4 Å². The fourth-order valence-electron chi connectivity index (χ4n) is 3.08. The summed E-state index contributed by atoms with van der Waals surface area (Å²) in [6, 6.07) is 19.7. The lowest BCUT2D eigenvalue weighted by Crippen LogP contribution is -2.27. The van der Waals surface area contributed by atoms with Crippen molar-refractivity contribution in [3.8, 4) is 5.75 Å². The Hall–Kier alpha value is -2.41. The largest absolute Gasteiger partial charge is 0.480 e. The van der Waals surface area contributed by atoms with Crippen molar-refractivity contribution in [2.75, 3.05) is 5.32 Å². The van der Waals surface area contributed by atoms with Crippen LogP contribution in [0.5, 0.6) is 5.75 Å². The van der Waals surface area contributed by atoms with Crippen molar-refractivity contribution in [2.24, 2.45) is 5.41 Å². The second-order valence-electron chi connectivity index (χ2n) is 8.47. The molecule has 1 amide bonds. The third-order valence-electron chi connectivity index (χ3n) is 4.88. The summed E-state index contributed by atoms with van der Waals surface area (Å²) < 4.78 is 7.49. The number of halogens is 2. The highest BCUT2D eigenvalue weighted by Gasteiger charge is 2.24. The fourth-order valence-corrected chi connectivity index (χ4v) is 4.46. The van der Waals surface area contributed by atoms with Crippen molar-refractivity contribution < 1.29 is 9.53 Å². The molecule has 1 aromatic heterocycles. The number of ether oxygens (including phenoxy) is 1. The first-order valence-corrected chi connectivity index (χ1v) is 12.1. The van der Waals surface area contributed by atoms with Crippen LogP contribution in [0.2, 0.25) is 5.02 Å². The summed E-state index contributed by atoms with van der Waals surface area (Å²) in [6.45, 7) is 5.61. The highest BCUT2D eigenvalue weighted by atomic mass is 79.9. The van der Waals surface area contributed by atoms with E-state index >= 15 is 0 Å². The molecule has 0 spiro atoms. The average Bonchev–Trinajstić information content (AvgIpc) is 3.20. The number of aromatic nitrogens is 1. The van der Waals surface area contributed by atoms with E-state index < -0.39 is 11.5 Å². The Kier molecular flexibility index (Phi) is 6.56. The number of hydrogen-bond acceptors (Lipinski definition) is 4. The third-order valence-corrected chi connectivity index (χ3v) is 6.59. The summed E-state index contributed by atoms with van der Waals surface area (Å²) in [5.74, 6) is 0.663. The monoisotopic (exact) mass is 528 g/mol. The molecule has 0 aliphatic heterocycles. The van der Waals surface area contributed by atoms with Crippen molar-refractivity contribution in [2.45, 2.75) is 26.9 Å². The molecule has 1 N–H and O–H groups in total. The molecule has 0 fully saturated rings. The summed E-state index contributed by atoms with van der Waals surface area (Å²) in [5.41, 5.74) is 0.445. The highest BCUT2D eigenvalue weighted by molar-refractivity contribution is 9.10. The molecule has 1 atom stereocenters. The van der Waals surface area contributed by atoms with Gasteiger partial charge in [0.25, 0.3) is 0 Å². The molecule has 4 rings (SSSR count). The van der Waals surface area contributed by atoms with Gasteiger partial charge in [-0.2, -0.15) is 0 Å². The van der Waals surface area contributed by atoms with E-state index in [0.29, 0.717) is 10.2 Å². The molecular weight excluding hydrogens is 508 g/mol. The summed E-state index contributed by atoms with van der Waals surface area (Å²) in [5, 5.41) is 6.31.